The highest BCUT2D eigenvalue weighted by Crippen LogP contribution is 2.28. The molecule has 4 nitrogen and oxygen atoms in total. The number of amides is 1. The molecule has 0 saturated heterocycles. The van der Waals surface area contributed by atoms with Gasteiger partial charge in [-0.15, -0.1) is 0 Å². The summed E-state index contributed by atoms with van der Waals surface area (Å²) in [6.45, 7) is 2.73. The lowest BCUT2D eigenvalue weighted by atomic mass is 9.81. The number of nitrogens with two attached hydrogens (primary N) is 1. The summed E-state index contributed by atoms with van der Waals surface area (Å²) in [6, 6.07) is -0.0836. The van der Waals surface area contributed by atoms with Gasteiger partial charge in [-0.25, -0.2) is 0 Å². The van der Waals surface area contributed by atoms with Crippen LogP contribution in [0.3, 0.4) is 0 Å². The van der Waals surface area contributed by atoms with Crippen LogP contribution in [0.1, 0.15) is 39.0 Å². The van der Waals surface area contributed by atoms with E-state index in [1.165, 1.54) is 0 Å². The fraction of sp³-hybridized carbons (Fsp3) is 0.917. The summed E-state index contributed by atoms with van der Waals surface area (Å²) >= 11 is 0. The molecule has 4 heteroatoms. The second-order valence-corrected chi connectivity index (χ2v) is 4.75. The second-order valence-electron chi connectivity index (χ2n) is 4.75. The summed E-state index contributed by atoms with van der Waals surface area (Å²) in [6.07, 6.45) is 4.78. The normalized spacial score (nSPS) is 27.4. The molecule has 1 atom stereocenters. The molecule has 1 rings (SSSR count). The Morgan fingerprint density at radius 1 is 1.44 bits per heavy atom. The summed E-state index contributed by atoms with van der Waals surface area (Å²) in [7, 11) is 0. The smallest absolute Gasteiger partial charge is 0.223 e. The molecule has 0 radical (unpaired) electrons. The summed E-state index contributed by atoms with van der Waals surface area (Å²) < 4.78 is 0. The highest BCUT2D eigenvalue weighted by Gasteiger charge is 2.26. The summed E-state index contributed by atoms with van der Waals surface area (Å²) in [5, 5.41) is 11.9. The minimum Gasteiger partial charge on any atom is -0.394 e. The van der Waals surface area contributed by atoms with Gasteiger partial charge in [0.1, 0.15) is 0 Å². The minimum absolute atomic E-state index is 0.0282. The van der Waals surface area contributed by atoms with E-state index < -0.39 is 0 Å². The van der Waals surface area contributed by atoms with Gasteiger partial charge < -0.3 is 16.2 Å². The first-order chi connectivity index (χ1) is 7.71. The van der Waals surface area contributed by atoms with E-state index in [4.69, 9.17) is 10.8 Å². The zero-order valence-electron chi connectivity index (χ0n) is 10.1. The molecule has 16 heavy (non-hydrogen) atoms. The quantitative estimate of drug-likeness (QED) is 0.646. The van der Waals surface area contributed by atoms with Crippen LogP contribution in [-0.2, 0) is 4.79 Å². The van der Waals surface area contributed by atoms with Crippen molar-refractivity contribution in [2.24, 2.45) is 17.6 Å². The number of aliphatic hydroxyl groups excluding tert-OH is 1. The van der Waals surface area contributed by atoms with Crippen LogP contribution in [0.15, 0.2) is 0 Å². The van der Waals surface area contributed by atoms with E-state index in [1.807, 2.05) is 6.92 Å². The van der Waals surface area contributed by atoms with Crippen LogP contribution in [-0.4, -0.2) is 30.2 Å². The number of aliphatic hydroxyl groups is 1. The largest absolute Gasteiger partial charge is 0.394 e. The topological polar surface area (TPSA) is 75.3 Å². The van der Waals surface area contributed by atoms with E-state index in [9.17, 15) is 4.79 Å². The Balaban J connectivity index is 2.32. The van der Waals surface area contributed by atoms with Crippen LogP contribution in [0.2, 0.25) is 0 Å². The molecule has 0 aromatic carbocycles. The molecule has 1 fully saturated rings. The fourth-order valence-electron chi connectivity index (χ4n) is 2.26. The van der Waals surface area contributed by atoms with Crippen LogP contribution in [0, 0.1) is 11.8 Å². The second kappa shape index (κ2) is 6.86. The van der Waals surface area contributed by atoms with Gasteiger partial charge in [-0.3, -0.25) is 4.79 Å². The van der Waals surface area contributed by atoms with E-state index in [1.54, 1.807) is 0 Å². The third kappa shape index (κ3) is 3.76. The highest BCUT2D eigenvalue weighted by atomic mass is 16.3. The lowest BCUT2D eigenvalue weighted by Crippen LogP contribution is -2.41. The predicted octanol–water partition coefficient (Wildman–Crippen LogP) is 0.639. The van der Waals surface area contributed by atoms with Crippen LogP contribution in [0.4, 0.5) is 0 Å². The fourth-order valence-corrected chi connectivity index (χ4v) is 2.26. The van der Waals surface area contributed by atoms with Gasteiger partial charge in [-0.1, -0.05) is 6.92 Å². The van der Waals surface area contributed by atoms with E-state index in [2.05, 4.69) is 5.32 Å². The average Bonchev–Trinajstić information content (AvgIpc) is 2.35. The SMILES string of the molecule is CC[C@H](CO)NC(=O)C1CCC(CN)CC1. The Kier molecular flexibility index (Phi) is 5.77. The molecule has 0 unspecified atom stereocenters. The molecule has 0 bridgehead atoms. The van der Waals surface area contributed by atoms with Crippen molar-refractivity contribution in [3.8, 4) is 0 Å². The summed E-state index contributed by atoms with van der Waals surface area (Å²) in [5.41, 5.74) is 5.61. The lowest BCUT2D eigenvalue weighted by molar-refractivity contribution is -0.127. The van der Waals surface area contributed by atoms with Crippen molar-refractivity contribution in [3.63, 3.8) is 0 Å². The van der Waals surface area contributed by atoms with Gasteiger partial charge in [0.25, 0.3) is 0 Å². The molecule has 1 saturated carbocycles. The zero-order chi connectivity index (χ0) is 12.0. The van der Waals surface area contributed by atoms with Crippen molar-refractivity contribution in [1.29, 1.82) is 0 Å². The van der Waals surface area contributed by atoms with Gasteiger partial charge in [0.15, 0.2) is 0 Å². The third-order valence-electron chi connectivity index (χ3n) is 3.61. The first-order valence-corrected chi connectivity index (χ1v) is 6.32. The summed E-state index contributed by atoms with van der Waals surface area (Å²) in [5.74, 6) is 0.837. The molecule has 0 spiro atoms. The number of nitrogens with one attached hydrogen (secondary N) is 1. The third-order valence-corrected chi connectivity index (χ3v) is 3.61. The maximum Gasteiger partial charge on any atom is 0.223 e. The molecule has 94 valence electrons. The number of rotatable bonds is 5. The van der Waals surface area contributed by atoms with E-state index in [0.29, 0.717) is 5.92 Å². The molecule has 1 aliphatic rings. The van der Waals surface area contributed by atoms with Crippen LogP contribution in [0.25, 0.3) is 0 Å². The van der Waals surface area contributed by atoms with Gasteiger partial charge in [0, 0.05) is 5.92 Å². The molecule has 0 aliphatic heterocycles. The molecule has 4 N–H and O–H groups in total. The maximum atomic E-state index is 11.9. The maximum absolute atomic E-state index is 11.9. The predicted molar refractivity (Wildman–Crippen MR) is 63.8 cm³/mol. The van der Waals surface area contributed by atoms with Gasteiger partial charge in [0.2, 0.25) is 5.91 Å². The van der Waals surface area contributed by atoms with E-state index in [0.717, 1.165) is 38.6 Å². The Hall–Kier alpha value is -0.610. The number of carbonyl (C=O) groups is 1. The van der Waals surface area contributed by atoms with Crippen molar-refractivity contribution < 1.29 is 9.90 Å². The van der Waals surface area contributed by atoms with E-state index >= 15 is 0 Å². The molecular formula is C12H24N2O2. The highest BCUT2D eigenvalue weighted by molar-refractivity contribution is 5.79. The molecule has 1 aliphatic carbocycles. The van der Waals surface area contributed by atoms with Gasteiger partial charge >= 0.3 is 0 Å². The number of carbonyl (C=O) groups excluding carboxylic acids is 1. The molecule has 0 heterocycles. The van der Waals surface area contributed by atoms with Crippen molar-refractivity contribution in [2.45, 2.75) is 45.1 Å². The first-order valence-electron chi connectivity index (χ1n) is 6.32. The Bertz CT molecular complexity index is 209. The molecular weight excluding hydrogens is 204 g/mol. The number of hydrogen-bond donors (Lipinski definition) is 3. The van der Waals surface area contributed by atoms with Crippen molar-refractivity contribution in [3.05, 3.63) is 0 Å². The molecule has 1 amide bonds. The van der Waals surface area contributed by atoms with Gasteiger partial charge in [-0.05, 0) is 44.6 Å². The number of hydrogen-bond acceptors (Lipinski definition) is 3. The Morgan fingerprint density at radius 3 is 2.50 bits per heavy atom. The van der Waals surface area contributed by atoms with E-state index in [-0.39, 0.29) is 24.5 Å². The minimum atomic E-state index is -0.0836. The van der Waals surface area contributed by atoms with Gasteiger partial charge in [-0.2, -0.15) is 0 Å². The van der Waals surface area contributed by atoms with Gasteiger partial charge in [0.05, 0.1) is 12.6 Å². The zero-order valence-corrected chi connectivity index (χ0v) is 10.1. The van der Waals surface area contributed by atoms with Crippen LogP contribution >= 0.6 is 0 Å². The molecule has 0 aromatic heterocycles. The standard InChI is InChI=1S/C12H24N2O2/c1-2-11(8-15)14-12(16)10-5-3-9(7-13)4-6-10/h9-11,15H,2-8,13H2,1H3,(H,14,16)/t9?,10?,11-/m1/s1. The van der Waals surface area contributed by atoms with Crippen LogP contribution in [0.5, 0.6) is 0 Å². The van der Waals surface area contributed by atoms with Crippen molar-refractivity contribution >= 4 is 5.91 Å². The molecule has 0 aromatic rings. The Morgan fingerprint density at radius 2 is 2.06 bits per heavy atom. The monoisotopic (exact) mass is 228 g/mol. The van der Waals surface area contributed by atoms with Crippen molar-refractivity contribution in [2.75, 3.05) is 13.2 Å². The summed E-state index contributed by atoms with van der Waals surface area (Å²) in [4.78, 5) is 11.9. The van der Waals surface area contributed by atoms with Crippen LogP contribution < -0.4 is 11.1 Å². The lowest BCUT2D eigenvalue weighted by Gasteiger charge is -2.28. The Labute approximate surface area is 97.6 Å². The van der Waals surface area contributed by atoms with Crippen molar-refractivity contribution in [1.82, 2.24) is 5.32 Å². The average molecular weight is 228 g/mol. The first kappa shape index (κ1) is 13.5.